The minimum absolute atomic E-state index is 0.405. The number of methoxy groups -OCH3 is 1. The van der Waals surface area contributed by atoms with E-state index in [1.165, 1.54) is 18.9 Å². The fraction of sp³-hybridized carbons (Fsp3) is 0.250. The molecule has 2 N–H and O–H groups in total. The van der Waals surface area contributed by atoms with Crippen molar-refractivity contribution >= 4 is 29.2 Å². The number of ether oxygens (including phenoxy) is 1. The Labute approximate surface area is 143 Å². The van der Waals surface area contributed by atoms with E-state index < -0.39 is 5.97 Å². The van der Waals surface area contributed by atoms with Crippen LogP contribution in [-0.2, 0) is 16.9 Å². The van der Waals surface area contributed by atoms with E-state index in [0.717, 1.165) is 17.8 Å². The maximum Gasteiger partial charge on any atom is 0.341 e. The van der Waals surface area contributed by atoms with Crippen LogP contribution in [0.2, 0.25) is 0 Å². The summed E-state index contributed by atoms with van der Waals surface area (Å²) >= 11 is 1.46. The van der Waals surface area contributed by atoms with Crippen LogP contribution in [0, 0.1) is 0 Å². The second-order valence-electron chi connectivity index (χ2n) is 5.09. The van der Waals surface area contributed by atoms with Gasteiger partial charge in [0.2, 0.25) is 0 Å². The number of hydrogen-bond acceptors (Lipinski definition) is 7. The van der Waals surface area contributed by atoms with Gasteiger partial charge in [-0.3, -0.25) is 0 Å². The lowest BCUT2D eigenvalue weighted by atomic mass is 10.3. The summed E-state index contributed by atoms with van der Waals surface area (Å²) in [5.41, 5.74) is 8.54. The van der Waals surface area contributed by atoms with Crippen molar-refractivity contribution < 1.29 is 9.53 Å². The number of hydrogen-bond donors (Lipinski definition) is 1. The van der Waals surface area contributed by atoms with E-state index in [4.69, 9.17) is 10.5 Å². The number of thioether (sulfide) groups is 1. The number of nitrogens with two attached hydrogens (primary N) is 1. The predicted octanol–water partition coefficient (Wildman–Crippen LogP) is 2.35. The molecule has 0 bridgehead atoms. The average molecular weight is 343 g/mol. The maximum absolute atomic E-state index is 11.8. The van der Waals surface area contributed by atoms with E-state index in [1.807, 2.05) is 19.3 Å². The van der Waals surface area contributed by atoms with Crippen molar-refractivity contribution in [3.05, 3.63) is 47.5 Å². The minimum Gasteiger partial charge on any atom is -0.465 e. The average Bonchev–Trinajstić information content (AvgIpc) is 3.01. The molecule has 0 fully saturated rings. The summed E-state index contributed by atoms with van der Waals surface area (Å²) in [4.78, 5) is 25.0. The summed E-state index contributed by atoms with van der Waals surface area (Å²) in [6.07, 6.45) is 4.52. The van der Waals surface area contributed by atoms with Gasteiger partial charge in [-0.05, 0) is 18.6 Å². The number of fused-ring (bicyclic) bond motifs is 1. The van der Waals surface area contributed by atoms with Gasteiger partial charge in [0.15, 0.2) is 10.8 Å². The third-order valence-corrected chi connectivity index (χ3v) is 4.31. The number of rotatable bonds is 5. The summed E-state index contributed by atoms with van der Waals surface area (Å²) in [6.45, 7) is 2.02. The van der Waals surface area contributed by atoms with Gasteiger partial charge in [-0.15, -0.1) is 0 Å². The van der Waals surface area contributed by atoms with Crippen LogP contribution in [0.3, 0.4) is 0 Å². The Morgan fingerprint density at radius 3 is 2.92 bits per heavy atom. The number of carbonyl (C=O) groups excluding carboxylic acids is 1. The zero-order valence-electron chi connectivity index (χ0n) is 13.4. The number of anilines is 1. The summed E-state index contributed by atoms with van der Waals surface area (Å²) < 4.78 is 6.60. The first-order valence-corrected chi connectivity index (χ1v) is 8.40. The smallest absolute Gasteiger partial charge is 0.341 e. The van der Waals surface area contributed by atoms with Crippen LogP contribution in [0.1, 0.15) is 28.7 Å². The number of esters is 1. The first kappa shape index (κ1) is 16.3. The normalized spacial score (nSPS) is 10.9. The number of carbonyl (C=O) groups is 1. The van der Waals surface area contributed by atoms with E-state index in [2.05, 4.69) is 15.0 Å². The van der Waals surface area contributed by atoms with Crippen molar-refractivity contribution in [1.29, 1.82) is 0 Å². The monoisotopic (exact) mass is 343 g/mol. The molecule has 0 saturated heterocycles. The maximum atomic E-state index is 11.8. The predicted molar refractivity (Wildman–Crippen MR) is 91.9 cm³/mol. The van der Waals surface area contributed by atoms with Crippen LogP contribution < -0.4 is 5.73 Å². The van der Waals surface area contributed by atoms with Crippen molar-refractivity contribution in [2.24, 2.45) is 0 Å². The fourth-order valence-corrected chi connectivity index (χ4v) is 3.05. The lowest BCUT2D eigenvalue weighted by molar-refractivity contribution is 0.0602. The molecule has 0 unspecified atom stereocenters. The highest BCUT2D eigenvalue weighted by atomic mass is 32.2. The quantitative estimate of drug-likeness (QED) is 0.431. The highest BCUT2D eigenvalue weighted by molar-refractivity contribution is 7.98. The molecule has 124 valence electrons. The Hall–Kier alpha value is -2.61. The first-order valence-electron chi connectivity index (χ1n) is 7.42. The third-order valence-electron chi connectivity index (χ3n) is 3.43. The summed E-state index contributed by atoms with van der Waals surface area (Å²) in [5.74, 6) is 0.638. The van der Waals surface area contributed by atoms with Gasteiger partial charge in [-0.25, -0.2) is 19.7 Å². The van der Waals surface area contributed by atoms with Gasteiger partial charge < -0.3 is 14.9 Å². The van der Waals surface area contributed by atoms with Crippen molar-refractivity contribution in [2.45, 2.75) is 24.3 Å². The van der Waals surface area contributed by atoms with Crippen molar-refractivity contribution in [2.75, 3.05) is 12.8 Å². The molecule has 24 heavy (non-hydrogen) atoms. The second kappa shape index (κ2) is 6.88. The molecule has 0 aliphatic carbocycles. The van der Waals surface area contributed by atoms with E-state index in [0.29, 0.717) is 27.9 Å². The molecular formula is C16H17N5O2S. The zero-order chi connectivity index (χ0) is 17.1. The molecule has 0 aliphatic heterocycles. The van der Waals surface area contributed by atoms with E-state index in [-0.39, 0.29) is 0 Å². The Kier molecular flexibility index (Phi) is 4.66. The molecule has 0 atom stereocenters. The Balaban J connectivity index is 1.83. The lowest BCUT2D eigenvalue weighted by Crippen LogP contribution is -2.03. The van der Waals surface area contributed by atoms with E-state index >= 15 is 0 Å². The standard InChI is InChI=1S/C16H17N5O2S/c1-3-10-7-13(17)20-16(19-10)24-9-11-8-21-6-4-5-12(14(21)18-11)15(22)23-2/h4-8H,3,9H2,1-2H3,(H2,17,19,20). The van der Waals surface area contributed by atoms with E-state index in [1.54, 1.807) is 22.6 Å². The zero-order valence-corrected chi connectivity index (χ0v) is 14.2. The topological polar surface area (TPSA) is 95.4 Å². The van der Waals surface area contributed by atoms with Crippen LogP contribution in [0.15, 0.2) is 35.7 Å². The molecular weight excluding hydrogens is 326 g/mol. The molecule has 3 aromatic heterocycles. The van der Waals surface area contributed by atoms with Gasteiger partial charge >= 0.3 is 5.97 Å². The van der Waals surface area contributed by atoms with Crippen molar-refractivity contribution in [1.82, 2.24) is 19.4 Å². The Morgan fingerprint density at radius 2 is 2.17 bits per heavy atom. The number of aromatic nitrogens is 4. The number of imidazole rings is 1. The highest BCUT2D eigenvalue weighted by Crippen LogP contribution is 2.21. The van der Waals surface area contributed by atoms with Gasteiger partial charge in [0.25, 0.3) is 0 Å². The van der Waals surface area contributed by atoms with E-state index in [9.17, 15) is 4.79 Å². The van der Waals surface area contributed by atoms with Crippen LogP contribution in [0.4, 0.5) is 5.82 Å². The fourth-order valence-electron chi connectivity index (χ4n) is 2.28. The first-order chi connectivity index (χ1) is 11.6. The number of pyridine rings is 1. The molecule has 0 radical (unpaired) electrons. The van der Waals surface area contributed by atoms with Crippen LogP contribution in [-0.4, -0.2) is 32.4 Å². The molecule has 0 saturated carbocycles. The highest BCUT2D eigenvalue weighted by Gasteiger charge is 2.14. The molecule has 0 spiro atoms. The summed E-state index contributed by atoms with van der Waals surface area (Å²) in [6, 6.07) is 5.25. The SMILES string of the molecule is CCc1cc(N)nc(SCc2cn3cccc(C(=O)OC)c3n2)n1. The number of aryl methyl sites for hydroxylation is 1. The Bertz CT molecular complexity index is 893. The van der Waals surface area contributed by atoms with Gasteiger partial charge in [-0.2, -0.15) is 0 Å². The van der Waals surface area contributed by atoms with Crippen LogP contribution >= 0.6 is 11.8 Å². The largest absolute Gasteiger partial charge is 0.465 e. The molecule has 7 nitrogen and oxygen atoms in total. The molecule has 0 amide bonds. The number of nitrogens with zero attached hydrogens (tertiary/aromatic N) is 4. The van der Waals surface area contributed by atoms with Crippen LogP contribution in [0.5, 0.6) is 0 Å². The molecule has 3 rings (SSSR count). The number of nitrogen functional groups attached to an aromatic ring is 1. The van der Waals surface area contributed by atoms with Gasteiger partial charge in [0.05, 0.1) is 12.8 Å². The minimum atomic E-state index is -0.405. The molecule has 3 heterocycles. The van der Waals surface area contributed by atoms with Crippen molar-refractivity contribution in [3.8, 4) is 0 Å². The van der Waals surface area contributed by atoms with Gasteiger partial charge in [0.1, 0.15) is 11.4 Å². The third kappa shape index (κ3) is 3.33. The van der Waals surface area contributed by atoms with Crippen molar-refractivity contribution in [3.63, 3.8) is 0 Å². The second-order valence-corrected chi connectivity index (χ2v) is 6.03. The molecule has 0 aromatic carbocycles. The molecule has 8 heteroatoms. The summed E-state index contributed by atoms with van der Waals surface area (Å²) in [7, 11) is 1.36. The Morgan fingerprint density at radius 1 is 1.33 bits per heavy atom. The van der Waals surface area contributed by atoms with Gasteiger partial charge in [0, 0.05) is 29.9 Å². The van der Waals surface area contributed by atoms with Crippen LogP contribution in [0.25, 0.3) is 5.65 Å². The van der Waals surface area contributed by atoms with Gasteiger partial charge in [-0.1, -0.05) is 18.7 Å². The molecule has 0 aliphatic rings. The summed E-state index contributed by atoms with van der Waals surface area (Å²) in [5, 5.41) is 0.622. The lowest BCUT2D eigenvalue weighted by Gasteiger charge is -2.02. The molecule has 3 aromatic rings.